The fourth-order valence-corrected chi connectivity index (χ4v) is 1.83. The fourth-order valence-electron chi connectivity index (χ4n) is 1.09. The minimum absolute atomic E-state index is 0.0642. The van der Waals surface area contributed by atoms with Crippen LogP contribution >= 0.6 is 12.2 Å². The third-order valence-corrected chi connectivity index (χ3v) is 2.74. The van der Waals surface area contributed by atoms with Gasteiger partial charge in [0.15, 0.2) is 5.11 Å². The van der Waals surface area contributed by atoms with Crippen LogP contribution in [0.15, 0.2) is 23.1 Å². The average molecular weight is 262 g/mol. The highest BCUT2D eigenvalue weighted by Crippen LogP contribution is 2.26. The molecule has 0 saturated carbocycles. The first-order chi connectivity index (χ1) is 7.34. The van der Waals surface area contributed by atoms with Crippen LogP contribution in [0, 0.1) is 0 Å². The van der Waals surface area contributed by atoms with Crippen LogP contribution in [0.1, 0.15) is 0 Å². The summed E-state index contributed by atoms with van der Waals surface area (Å²) in [5.74, 6) is 0.408. The largest absolute Gasteiger partial charge is 0.497 e. The molecule has 0 unspecified atom stereocenters. The number of benzene rings is 1. The van der Waals surface area contributed by atoms with Crippen LogP contribution in [0.3, 0.4) is 0 Å². The van der Waals surface area contributed by atoms with Crippen LogP contribution in [0.5, 0.6) is 5.75 Å². The van der Waals surface area contributed by atoms with Gasteiger partial charge in [0.1, 0.15) is 10.6 Å². The molecule has 0 atom stereocenters. The zero-order chi connectivity index (χ0) is 12.3. The highest BCUT2D eigenvalue weighted by Gasteiger charge is 2.16. The van der Waals surface area contributed by atoms with Gasteiger partial charge in [0, 0.05) is 6.07 Å². The van der Waals surface area contributed by atoms with Crippen LogP contribution in [0.4, 0.5) is 5.69 Å². The van der Waals surface area contributed by atoms with Crippen molar-refractivity contribution < 1.29 is 17.7 Å². The molecule has 1 rings (SSSR count). The van der Waals surface area contributed by atoms with Gasteiger partial charge in [0.25, 0.3) is 10.1 Å². The molecule has 0 aliphatic carbocycles. The van der Waals surface area contributed by atoms with Crippen molar-refractivity contribution >= 4 is 33.1 Å². The van der Waals surface area contributed by atoms with Crippen molar-refractivity contribution in [1.82, 2.24) is 0 Å². The molecule has 88 valence electrons. The molecule has 0 spiro atoms. The van der Waals surface area contributed by atoms with Gasteiger partial charge in [0.05, 0.1) is 12.8 Å². The van der Waals surface area contributed by atoms with Crippen molar-refractivity contribution in [2.45, 2.75) is 4.90 Å². The predicted molar refractivity (Wildman–Crippen MR) is 63.2 cm³/mol. The number of nitrogens with one attached hydrogen (secondary N) is 1. The summed E-state index contributed by atoms with van der Waals surface area (Å²) in [6.07, 6.45) is 0. The molecule has 0 aliphatic heterocycles. The summed E-state index contributed by atoms with van der Waals surface area (Å²) >= 11 is 4.59. The van der Waals surface area contributed by atoms with E-state index in [1.54, 1.807) is 0 Å². The summed E-state index contributed by atoms with van der Waals surface area (Å²) in [7, 11) is -2.91. The molecular weight excluding hydrogens is 252 g/mol. The monoisotopic (exact) mass is 262 g/mol. The summed E-state index contributed by atoms with van der Waals surface area (Å²) < 4.78 is 35.9. The van der Waals surface area contributed by atoms with E-state index in [1.807, 2.05) is 0 Å². The lowest BCUT2D eigenvalue weighted by molar-refractivity contribution is 0.414. The second kappa shape index (κ2) is 4.64. The van der Waals surface area contributed by atoms with Gasteiger partial charge in [-0.05, 0) is 24.4 Å². The van der Waals surface area contributed by atoms with Crippen LogP contribution < -0.4 is 15.8 Å². The van der Waals surface area contributed by atoms with E-state index in [-0.39, 0.29) is 15.7 Å². The Morgan fingerprint density at radius 3 is 2.62 bits per heavy atom. The number of rotatable bonds is 3. The highest BCUT2D eigenvalue weighted by molar-refractivity contribution is 7.86. The Kier molecular flexibility index (Phi) is 3.68. The number of ether oxygens (including phenoxy) is 1. The van der Waals surface area contributed by atoms with E-state index in [1.165, 1.54) is 25.3 Å². The Bertz CT molecular complexity index is 513. The van der Waals surface area contributed by atoms with Gasteiger partial charge in [-0.3, -0.25) is 4.55 Å². The second-order valence-corrected chi connectivity index (χ2v) is 4.66. The lowest BCUT2D eigenvalue weighted by Crippen LogP contribution is -2.20. The molecule has 0 aliphatic rings. The summed E-state index contributed by atoms with van der Waals surface area (Å²) in [4.78, 5) is -0.318. The summed E-state index contributed by atoms with van der Waals surface area (Å²) in [5.41, 5.74) is 5.30. The molecule has 0 heterocycles. The molecule has 1 aromatic carbocycles. The van der Waals surface area contributed by atoms with Crippen molar-refractivity contribution in [2.24, 2.45) is 5.73 Å². The number of hydrogen-bond donors (Lipinski definition) is 3. The molecule has 0 bridgehead atoms. The third-order valence-electron chi connectivity index (χ3n) is 1.72. The van der Waals surface area contributed by atoms with E-state index in [4.69, 9.17) is 15.0 Å². The lowest BCUT2D eigenvalue weighted by atomic mass is 10.3. The Morgan fingerprint density at radius 1 is 1.56 bits per heavy atom. The van der Waals surface area contributed by atoms with Crippen LogP contribution in [0.25, 0.3) is 0 Å². The molecule has 4 N–H and O–H groups in total. The molecular formula is C8H10N2O4S2. The first kappa shape index (κ1) is 12.7. The fraction of sp³-hybridized carbons (Fsp3) is 0.125. The van der Waals surface area contributed by atoms with Crippen molar-refractivity contribution in [2.75, 3.05) is 12.4 Å². The third kappa shape index (κ3) is 3.05. The van der Waals surface area contributed by atoms with Crippen LogP contribution in [0.2, 0.25) is 0 Å². The minimum atomic E-state index is -4.34. The van der Waals surface area contributed by atoms with Crippen molar-refractivity contribution in [3.8, 4) is 5.75 Å². The summed E-state index contributed by atoms with van der Waals surface area (Å²) in [6.45, 7) is 0. The molecule has 0 amide bonds. The van der Waals surface area contributed by atoms with Gasteiger partial charge >= 0.3 is 0 Å². The Labute approximate surface area is 98.2 Å². The molecule has 16 heavy (non-hydrogen) atoms. The molecule has 8 heteroatoms. The van der Waals surface area contributed by atoms with Gasteiger partial charge < -0.3 is 15.8 Å². The van der Waals surface area contributed by atoms with Crippen LogP contribution in [-0.4, -0.2) is 25.2 Å². The maximum atomic E-state index is 11.0. The Balaban J connectivity index is 3.33. The Morgan fingerprint density at radius 2 is 2.19 bits per heavy atom. The van der Waals surface area contributed by atoms with E-state index < -0.39 is 10.1 Å². The Hall–Kier alpha value is -1.38. The molecule has 0 aromatic heterocycles. The first-order valence-corrected chi connectivity index (χ1v) is 5.91. The van der Waals surface area contributed by atoms with Crippen molar-refractivity contribution in [1.29, 1.82) is 0 Å². The first-order valence-electron chi connectivity index (χ1n) is 4.06. The van der Waals surface area contributed by atoms with E-state index in [0.29, 0.717) is 5.75 Å². The predicted octanol–water partition coefficient (Wildman–Crippen LogP) is 0.597. The average Bonchev–Trinajstić information content (AvgIpc) is 2.14. The maximum Gasteiger partial charge on any atom is 0.296 e. The molecule has 6 nitrogen and oxygen atoms in total. The van der Waals surface area contributed by atoms with Crippen molar-refractivity contribution in [3.63, 3.8) is 0 Å². The summed E-state index contributed by atoms with van der Waals surface area (Å²) in [6, 6.07) is 3.95. The van der Waals surface area contributed by atoms with Gasteiger partial charge in [-0.2, -0.15) is 8.42 Å². The lowest BCUT2D eigenvalue weighted by Gasteiger charge is -2.10. The zero-order valence-corrected chi connectivity index (χ0v) is 9.93. The maximum absolute atomic E-state index is 11.0. The quantitative estimate of drug-likeness (QED) is 0.541. The van der Waals surface area contributed by atoms with Gasteiger partial charge in [0.2, 0.25) is 0 Å². The number of hydrogen-bond acceptors (Lipinski definition) is 4. The van der Waals surface area contributed by atoms with Gasteiger partial charge in [-0.15, -0.1) is 0 Å². The van der Waals surface area contributed by atoms with E-state index in [0.717, 1.165) is 0 Å². The number of thiocarbonyl (C=S) groups is 1. The highest BCUT2D eigenvalue weighted by atomic mass is 32.2. The smallest absolute Gasteiger partial charge is 0.296 e. The van der Waals surface area contributed by atoms with E-state index >= 15 is 0 Å². The van der Waals surface area contributed by atoms with E-state index in [9.17, 15) is 8.42 Å². The molecule has 0 fully saturated rings. The molecule has 1 aromatic rings. The zero-order valence-electron chi connectivity index (χ0n) is 8.30. The summed E-state index contributed by atoms with van der Waals surface area (Å²) in [5, 5.41) is 2.33. The van der Waals surface area contributed by atoms with Crippen LogP contribution in [-0.2, 0) is 10.1 Å². The van der Waals surface area contributed by atoms with E-state index in [2.05, 4.69) is 17.5 Å². The van der Waals surface area contributed by atoms with Gasteiger partial charge in [-0.25, -0.2) is 0 Å². The second-order valence-electron chi connectivity index (χ2n) is 2.83. The SMILES string of the molecule is COc1ccc(S(=O)(=O)O)c(NC(N)=S)c1. The number of anilines is 1. The topological polar surface area (TPSA) is 102 Å². The molecule has 0 radical (unpaired) electrons. The number of nitrogens with two attached hydrogens (primary N) is 1. The van der Waals surface area contributed by atoms with Crippen molar-refractivity contribution in [3.05, 3.63) is 18.2 Å². The van der Waals surface area contributed by atoms with Gasteiger partial charge in [-0.1, -0.05) is 0 Å². The standard InChI is InChI=1S/C8H10N2O4S2/c1-14-5-2-3-7(16(11,12)13)6(4-5)10-8(9)15/h2-4H,1H3,(H3,9,10,15)(H,11,12,13). The normalized spacial score (nSPS) is 10.9. The molecule has 0 saturated heterocycles. The number of methoxy groups -OCH3 is 1. The minimum Gasteiger partial charge on any atom is -0.497 e.